The summed E-state index contributed by atoms with van der Waals surface area (Å²) < 4.78 is 16.7. The SMILES string of the molecule is COc1ccc(CCN)c(OCCOc2ccc(C)cc2)c1. The number of methoxy groups -OCH3 is 1. The molecule has 0 radical (unpaired) electrons. The number of nitrogens with two attached hydrogens (primary N) is 1. The Morgan fingerprint density at radius 2 is 1.59 bits per heavy atom. The maximum Gasteiger partial charge on any atom is 0.126 e. The molecule has 2 aromatic rings. The van der Waals surface area contributed by atoms with Gasteiger partial charge in [0.15, 0.2) is 0 Å². The third-order valence-corrected chi connectivity index (χ3v) is 3.32. The first-order valence-corrected chi connectivity index (χ1v) is 7.42. The van der Waals surface area contributed by atoms with Gasteiger partial charge in [-0.3, -0.25) is 0 Å². The van der Waals surface area contributed by atoms with E-state index >= 15 is 0 Å². The van der Waals surface area contributed by atoms with Crippen molar-refractivity contribution in [3.63, 3.8) is 0 Å². The lowest BCUT2D eigenvalue weighted by atomic mass is 10.1. The van der Waals surface area contributed by atoms with Crippen LogP contribution >= 0.6 is 0 Å². The molecule has 22 heavy (non-hydrogen) atoms. The van der Waals surface area contributed by atoms with Crippen molar-refractivity contribution in [2.24, 2.45) is 5.73 Å². The summed E-state index contributed by atoms with van der Waals surface area (Å²) in [6.07, 6.45) is 0.776. The molecule has 0 aromatic heterocycles. The van der Waals surface area contributed by atoms with Crippen LogP contribution in [0.15, 0.2) is 42.5 Å². The highest BCUT2D eigenvalue weighted by molar-refractivity contribution is 5.41. The number of aryl methyl sites for hydroxylation is 1. The fourth-order valence-electron chi connectivity index (χ4n) is 2.10. The van der Waals surface area contributed by atoms with Crippen LogP contribution in [0.1, 0.15) is 11.1 Å². The minimum Gasteiger partial charge on any atom is -0.497 e. The zero-order valence-electron chi connectivity index (χ0n) is 13.2. The van der Waals surface area contributed by atoms with Gasteiger partial charge >= 0.3 is 0 Å². The maximum atomic E-state index is 5.82. The monoisotopic (exact) mass is 301 g/mol. The van der Waals surface area contributed by atoms with Crippen molar-refractivity contribution in [3.05, 3.63) is 53.6 Å². The smallest absolute Gasteiger partial charge is 0.126 e. The van der Waals surface area contributed by atoms with Gasteiger partial charge in [-0.15, -0.1) is 0 Å². The van der Waals surface area contributed by atoms with E-state index in [1.807, 2.05) is 42.5 Å². The van der Waals surface area contributed by atoms with Crippen LogP contribution in [0.2, 0.25) is 0 Å². The van der Waals surface area contributed by atoms with E-state index in [-0.39, 0.29) is 0 Å². The maximum absolute atomic E-state index is 5.82. The lowest BCUT2D eigenvalue weighted by Gasteiger charge is -2.13. The number of benzene rings is 2. The van der Waals surface area contributed by atoms with Gasteiger partial charge in [0.05, 0.1) is 7.11 Å². The molecule has 118 valence electrons. The summed E-state index contributed by atoms with van der Waals surface area (Å²) in [5.74, 6) is 2.43. The Morgan fingerprint density at radius 1 is 0.909 bits per heavy atom. The fourth-order valence-corrected chi connectivity index (χ4v) is 2.10. The third-order valence-electron chi connectivity index (χ3n) is 3.32. The first-order chi connectivity index (χ1) is 10.7. The van der Waals surface area contributed by atoms with Crippen molar-refractivity contribution < 1.29 is 14.2 Å². The van der Waals surface area contributed by atoms with Crippen molar-refractivity contribution in [1.29, 1.82) is 0 Å². The number of hydrogen-bond donors (Lipinski definition) is 1. The predicted octanol–water partition coefficient (Wildman–Crippen LogP) is 2.96. The molecule has 0 spiro atoms. The summed E-state index contributed by atoms with van der Waals surface area (Å²) in [6.45, 7) is 3.60. The van der Waals surface area contributed by atoms with E-state index in [1.54, 1.807) is 7.11 Å². The molecule has 0 heterocycles. The van der Waals surface area contributed by atoms with Gasteiger partial charge in [0.2, 0.25) is 0 Å². The van der Waals surface area contributed by atoms with E-state index in [2.05, 4.69) is 6.92 Å². The van der Waals surface area contributed by atoms with Gasteiger partial charge in [-0.1, -0.05) is 23.8 Å². The Hall–Kier alpha value is -2.20. The fraction of sp³-hybridized carbons (Fsp3) is 0.333. The number of rotatable bonds is 8. The topological polar surface area (TPSA) is 53.7 Å². The minimum absolute atomic E-state index is 0.471. The summed E-state index contributed by atoms with van der Waals surface area (Å²) in [4.78, 5) is 0. The molecule has 4 heteroatoms. The summed E-state index contributed by atoms with van der Waals surface area (Å²) in [6, 6.07) is 13.8. The summed E-state index contributed by atoms with van der Waals surface area (Å²) in [5.41, 5.74) is 7.93. The Balaban J connectivity index is 1.88. The Bertz CT molecular complexity index is 581. The summed E-state index contributed by atoms with van der Waals surface area (Å²) >= 11 is 0. The Kier molecular flexibility index (Phi) is 6.10. The van der Waals surface area contributed by atoms with Gasteiger partial charge in [0, 0.05) is 6.07 Å². The van der Waals surface area contributed by atoms with Crippen LogP contribution < -0.4 is 19.9 Å². The van der Waals surface area contributed by atoms with Gasteiger partial charge in [-0.05, 0) is 43.7 Å². The highest BCUT2D eigenvalue weighted by Crippen LogP contribution is 2.25. The van der Waals surface area contributed by atoms with Gasteiger partial charge in [0.1, 0.15) is 30.5 Å². The lowest BCUT2D eigenvalue weighted by Crippen LogP contribution is -2.11. The van der Waals surface area contributed by atoms with E-state index in [9.17, 15) is 0 Å². The average Bonchev–Trinajstić information content (AvgIpc) is 2.54. The molecule has 0 fully saturated rings. The molecule has 0 saturated carbocycles. The third kappa shape index (κ3) is 4.67. The van der Waals surface area contributed by atoms with E-state index in [4.69, 9.17) is 19.9 Å². The van der Waals surface area contributed by atoms with Crippen molar-refractivity contribution >= 4 is 0 Å². The van der Waals surface area contributed by atoms with E-state index in [1.165, 1.54) is 5.56 Å². The average molecular weight is 301 g/mol. The van der Waals surface area contributed by atoms with Crippen molar-refractivity contribution in [1.82, 2.24) is 0 Å². The molecule has 0 aliphatic heterocycles. The normalized spacial score (nSPS) is 10.3. The second-order valence-electron chi connectivity index (χ2n) is 5.02. The van der Waals surface area contributed by atoms with Gasteiger partial charge in [0.25, 0.3) is 0 Å². The van der Waals surface area contributed by atoms with Gasteiger partial charge in [-0.2, -0.15) is 0 Å². The van der Waals surface area contributed by atoms with Crippen LogP contribution in [0.5, 0.6) is 17.2 Å². The van der Waals surface area contributed by atoms with E-state index < -0.39 is 0 Å². The predicted molar refractivity (Wildman–Crippen MR) is 87.9 cm³/mol. The first kappa shape index (κ1) is 16.2. The highest BCUT2D eigenvalue weighted by Gasteiger charge is 2.05. The molecular weight excluding hydrogens is 278 g/mol. The molecular formula is C18H23NO3. The summed E-state index contributed by atoms with van der Waals surface area (Å²) in [7, 11) is 1.64. The largest absolute Gasteiger partial charge is 0.497 e. The molecule has 4 nitrogen and oxygen atoms in total. The van der Waals surface area contributed by atoms with Crippen LogP contribution in [0.3, 0.4) is 0 Å². The molecule has 0 bridgehead atoms. The molecule has 2 N–H and O–H groups in total. The molecule has 0 aliphatic carbocycles. The highest BCUT2D eigenvalue weighted by atomic mass is 16.5. The van der Waals surface area contributed by atoms with E-state index in [0.717, 1.165) is 29.2 Å². The molecule has 0 atom stereocenters. The van der Waals surface area contributed by atoms with Gasteiger partial charge in [-0.25, -0.2) is 0 Å². The zero-order valence-corrected chi connectivity index (χ0v) is 13.2. The van der Waals surface area contributed by atoms with Crippen LogP contribution in [-0.4, -0.2) is 26.9 Å². The van der Waals surface area contributed by atoms with Crippen LogP contribution in [0.25, 0.3) is 0 Å². The second-order valence-corrected chi connectivity index (χ2v) is 5.02. The lowest BCUT2D eigenvalue weighted by molar-refractivity contribution is 0.215. The van der Waals surface area contributed by atoms with Crippen LogP contribution in [0, 0.1) is 6.92 Å². The van der Waals surface area contributed by atoms with Crippen molar-refractivity contribution in [2.45, 2.75) is 13.3 Å². The van der Waals surface area contributed by atoms with Gasteiger partial charge < -0.3 is 19.9 Å². The molecule has 2 rings (SSSR count). The van der Waals surface area contributed by atoms with Crippen LogP contribution in [-0.2, 0) is 6.42 Å². The second kappa shape index (κ2) is 8.29. The molecule has 0 amide bonds. The molecule has 0 unspecified atom stereocenters. The quantitative estimate of drug-likeness (QED) is 0.762. The number of hydrogen-bond acceptors (Lipinski definition) is 4. The molecule has 0 aliphatic rings. The Morgan fingerprint density at radius 3 is 2.27 bits per heavy atom. The van der Waals surface area contributed by atoms with Crippen LogP contribution in [0.4, 0.5) is 0 Å². The number of ether oxygens (including phenoxy) is 3. The standard InChI is InChI=1S/C18H23NO3/c1-14-3-6-16(7-4-14)21-11-12-22-18-13-17(20-2)8-5-15(18)9-10-19/h3-8,13H,9-12,19H2,1-2H3. The first-order valence-electron chi connectivity index (χ1n) is 7.42. The minimum atomic E-state index is 0.471. The molecule has 0 saturated heterocycles. The summed E-state index contributed by atoms with van der Waals surface area (Å²) in [5, 5.41) is 0. The zero-order chi connectivity index (χ0) is 15.8. The van der Waals surface area contributed by atoms with Crippen molar-refractivity contribution in [3.8, 4) is 17.2 Å². The Labute approximate surface area is 131 Å². The van der Waals surface area contributed by atoms with Crippen molar-refractivity contribution in [2.75, 3.05) is 26.9 Å². The van der Waals surface area contributed by atoms with E-state index in [0.29, 0.717) is 19.8 Å². The molecule has 2 aromatic carbocycles.